The highest BCUT2D eigenvalue weighted by Crippen LogP contribution is 2.22. The van der Waals surface area contributed by atoms with Crippen LogP contribution in [0.15, 0.2) is 0 Å². The van der Waals surface area contributed by atoms with Gasteiger partial charge in [-0.1, -0.05) is 6.92 Å². The number of hydrogen-bond donors (Lipinski definition) is 0. The highest BCUT2D eigenvalue weighted by molar-refractivity contribution is 4.75. The Balaban J connectivity index is 2.25. The van der Waals surface area contributed by atoms with E-state index in [-0.39, 0.29) is 0 Å². The van der Waals surface area contributed by atoms with Crippen LogP contribution in [0, 0.1) is 11.8 Å². The average Bonchev–Trinajstić information content (AvgIpc) is 2.03. The van der Waals surface area contributed by atoms with E-state index in [0.717, 1.165) is 12.5 Å². The molecule has 0 bridgehead atoms. The van der Waals surface area contributed by atoms with E-state index in [4.69, 9.17) is 4.89 Å². The van der Waals surface area contributed by atoms with Crippen LogP contribution in [-0.4, -0.2) is 38.8 Å². The van der Waals surface area contributed by atoms with Crippen LogP contribution in [0.2, 0.25) is 0 Å². The van der Waals surface area contributed by atoms with E-state index in [2.05, 4.69) is 23.8 Å². The summed E-state index contributed by atoms with van der Waals surface area (Å²) in [6, 6.07) is 0. The van der Waals surface area contributed by atoms with Gasteiger partial charge in [-0.25, -0.2) is 9.78 Å². The smallest absolute Gasteiger partial charge is 0.0853 e. The van der Waals surface area contributed by atoms with Crippen LogP contribution in [0.25, 0.3) is 0 Å². The van der Waals surface area contributed by atoms with Gasteiger partial charge in [-0.05, 0) is 31.8 Å². The predicted molar refractivity (Wildman–Crippen MR) is 47.7 cm³/mol. The van der Waals surface area contributed by atoms with Gasteiger partial charge in [-0.2, -0.15) is 0 Å². The molecule has 1 saturated heterocycles. The Kier molecular flexibility index (Phi) is 3.98. The highest BCUT2D eigenvalue weighted by Gasteiger charge is 2.24. The van der Waals surface area contributed by atoms with E-state index in [1.807, 2.05) is 0 Å². The van der Waals surface area contributed by atoms with E-state index >= 15 is 0 Å². The number of nitrogens with zero attached hydrogens (tertiary/aromatic N) is 1. The Morgan fingerprint density at radius 3 is 2.83 bits per heavy atom. The molecule has 12 heavy (non-hydrogen) atoms. The minimum absolute atomic E-state index is 0.668. The van der Waals surface area contributed by atoms with Gasteiger partial charge >= 0.3 is 0 Å². The van der Waals surface area contributed by atoms with Crippen LogP contribution in [0.3, 0.4) is 0 Å². The lowest BCUT2D eigenvalue weighted by Gasteiger charge is -2.34. The largest absolute Gasteiger partial charge is 0.306 e. The minimum Gasteiger partial charge on any atom is -0.306 e. The van der Waals surface area contributed by atoms with Crippen molar-refractivity contribution in [1.82, 2.24) is 4.90 Å². The topological polar surface area (TPSA) is 21.7 Å². The van der Waals surface area contributed by atoms with Crippen molar-refractivity contribution in [2.45, 2.75) is 13.3 Å². The molecule has 1 fully saturated rings. The Morgan fingerprint density at radius 2 is 2.25 bits per heavy atom. The maximum atomic E-state index is 4.96. The minimum atomic E-state index is 0.668. The van der Waals surface area contributed by atoms with Crippen molar-refractivity contribution in [3.05, 3.63) is 0 Å². The summed E-state index contributed by atoms with van der Waals surface area (Å²) in [5.41, 5.74) is 0. The van der Waals surface area contributed by atoms with Gasteiger partial charge in [-0.15, -0.1) is 0 Å². The summed E-state index contributed by atoms with van der Waals surface area (Å²) < 4.78 is 0. The maximum absolute atomic E-state index is 4.96. The molecule has 3 nitrogen and oxygen atoms in total. The first-order valence-corrected chi connectivity index (χ1v) is 4.58. The highest BCUT2D eigenvalue weighted by atomic mass is 17.2. The standard InChI is InChI=1S/C9H19NO2/c1-8-6-10(2)5-4-9(8)7-12-11-3/h8-9H,4-7H2,1-3H3. The zero-order valence-corrected chi connectivity index (χ0v) is 8.25. The molecular weight excluding hydrogens is 154 g/mol. The molecule has 2 atom stereocenters. The van der Waals surface area contributed by atoms with Gasteiger partial charge < -0.3 is 4.90 Å². The number of likely N-dealkylation sites (tertiary alicyclic amines) is 1. The van der Waals surface area contributed by atoms with Crippen LogP contribution < -0.4 is 0 Å². The SMILES string of the molecule is COOCC1CCN(C)CC1C. The van der Waals surface area contributed by atoms with Crippen molar-refractivity contribution in [3.8, 4) is 0 Å². The summed E-state index contributed by atoms with van der Waals surface area (Å²) >= 11 is 0. The lowest BCUT2D eigenvalue weighted by molar-refractivity contribution is -0.283. The maximum Gasteiger partial charge on any atom is 0.0853 e. The third-order valence-corrected chi connectivity index (χ3v) is 2.69. The van der Waals surface area contributed by atoms with Crippen molar-refractivity contribution in [2.75, 3.05) is 33.9 Å². The Hall–Kier alpha value is -0.120. The van der Waals surface area contributed by atoms with Crippen LogP contribution >= 0.6 is 0 Å². The summed E-state index contributed by atoms with van der Waals surface area (Å²) in [5, 5.41) is 0. The fraction of sp³-hybridized carbons (Fsp3) is 1.00. The van der Waals surface area contributed by atoms with Crippen LogP contribution in [0.1, 0.15) is 13.3 Å². The van der Waals surface area contributed by atoms with E-state index < -0.39 is 0 Å². The zero-order valence-electron chi connectivity index (χ0n) is 8.25. The van der Waals surface area contributed by atoms with Crippen molar-refractivity contribution in [2.24, 2.45) is 11.8 Å². The van der Waals surface area contributed by atoms with Crippen LogP contribution in [0.4, 0.5) is 0 Å². The first-order valence-electron chi connectivity index (χ1n) is 4.58. The van der Waals surface area contributed by atoms with E-state index in [0.29, 0.717) is 5.92 Å². The average molecular weight is 173 g/mol. The van der Waals surface area contributed by atoms with E-state index in [1.165, 1.54) is 19.5 Å². The lowest BCUT2D eigenvalue weighted by atomic mass is 9.88. The molecule has 0 aromatic carbocycles. The lowest BCUT2D eigenvalue weighted by Crippen LogP contribution is -2.38. The number of rotatable bonds is 3. The third-order valence-electron chi connectivity index (χ3n) is 2.69. The summed E-state index contributed by atoms with van der Waals surface area (Å²) in [6.45, 7) is 5.38. The van der Waals surface area contributed by atoms with Crippen molar-refractivity contribution >= 4 is 0 Å². The summed E-state index contributed by atoms with van der Waals surface area (Å²) in [6.07, 6.45) is 1.22. The second-order valence-electron chi connectivity index (χ2n) is 3.74. The Labute approximate surface area is 74.6 Å². The quantitative estimate of drug-likeness (QED) is 0.472. The van der Waals surface area contributed by atoms with Crippen molar-refractivity contribution in [3.63, 3.8) is 0 Å². The normalized spacial score (nSPS) is 32.2. The van der Waals surface area contributed by atoms with E-state index in [9.17, 15) is 0 Å². The Morgan fingerprint density at radius 1 is 1.50 bits per heavy atom. The fourth-order valence-corrected chi connectivity index (χ4v) is 1.81. The molecule has 72 valence electrons. The van der Waals surface area contributed by atoms with E-state index in [1.54, 1.807) is 7.11 Å². The molecule has 0 spiro atoms. The second kappa shape index (κ2) is 4.80. The molecule has 0 amide bonds. The van der Waals surface area contributed by atoms with Crippen LogP contribution in [-0.2, 0) is 9.78 Å². The van der Waals surface area contributed by atoms with Crippen molar-refractivity contribution in [1.29, 1.82) is 0 Å². The fourth-order valence-electron chi connectivity index (χ4n) is 1.81. The summed E-state index contributed by atoms with van der Waals surface area (Å²) in [7, 11) is 3.74. The second-order valence-corrected chi connectivity index (χ2v) is 3.74. The number of piperidine rings is 1. The molecule has 0 N–H and O–H groups in total. The summed E-state index contributed by atoms with van der Waals surface area (Å²) in [5.74, 6) is 1.39. The van der Waals surface area contributed by atoms with Gasteiger partial charge in [0.1, 0.15) is 0 Å². The number of hydrogen-bond acceptors (Lipinski definition) is 3. The first kappa shape index (κ1) is 9.96. The molecule has 0 aromatic heterocycles. The molecule has 1 rings (SSSR count). The molecule has 0 aromatic rings. The van der Waals surface area contributed by atoms with Gasteiger partial charge in [0.2, 0.25) is 0 Å². The molecule has 1 heterocycles. The molecular formula is C9H19NO2. The van der Waals surface area contributed by atoms with Gasteiger partial charge in [-0.3, -0.25) is 0 Å². The zero-order chi connectivity index (χ0) is 8.97. The van der Waals surface area contributed by atoms with Crippen molar-refractivity contribution < 1.29 is 9.78 Å². The first-order chi connectivity index (χ1) is 5.74. The van der Waals surface area contributed by atoms with Crippen LogP contribution in [0.5, 0.6) is 0 Å². The molecule has 1 aliphatic rings. The molecule has 0 radical (unpaired) electrons. The van der Waals surface area contributed by atoms with Gasteiger partial charge in [0.05, 0.1) is 13.7 Å². The molecule has 3 heteroatoms. The predicted octanol–water partition coefficient (Wildman–Crippen LogP) is 1.15. The summed E-state index contributed by atoms with van der Waals surface area (Å²) in [4.78, 5) is 11.9. The molecule has 2 unspecified atom stereocenters. The van der Waals surface area contributed by atoms with Gasteiger partial charge in [0.15, 0.2) is 0 Å². The third kappa shape index (κ3) is 2.73. The Bertz CT molecular complexity index is 128. The molecule has 0 saturated carbocycles. The van der Waals surface area contributed by atoms with Gasteiger partial charge in [0, 0.05) is 6.54 Å². The van der Waals surface area contributed by atoms with Gasteiger partial charge in [0.25, 0.3) is 0 Å². The molecule has 1 aliphatic heterocycles. The monoisotopic (exact) mass is 173 g/mol. The molecule has 0 aliphatic carbocycles.